The molecule has 4 rings (SSSR count). The summed E-state index contributed by atoms with van der Waals surface area (Å²) in [5.74, 6) is 0.675. The molecule has 1 spiro atoms. The third-order valence-electron chi connectivity index (χ3n) is 5.71. The summed E-state index contributed by atoms with van der Waals surface area (Å²) in [4.78, 5) is 12.3. The minimum Gasteiger partial charge on any atom is -0.393 e. The van der Waals surface area contributed by atoms with Crippen molar-refractivity contribution in [2.45, 2.75) is 50.4 Å². The summed E-state index contributed by atoms with van der Waals surface area (Å²) in [5, 5.41) is 10.2. The molecule has 1 N–H and O–H groups in total. The first-order valence-corrected chi connectivity index (χ1v) is 6.64. The van der Waals surface area contributed by atoms with E-state index in [1.54, 1.807) is 0 Å². The van der Waals surface area contributed by atoms with Gasteiger partial charge >= 0.3 is 0 Å². The lowest BCUT2D eigenvalue weighted by Crippen LogP contribution is -2.56. The van der Waals surface area contributed by atoms with Crippen molar-refractivity contribution in [3.8, 4) is 0 Å². The number of hydrogen-bond donors (Lipinski definition) is 1. The fraction of sp³-hybridized carbons (Fsp3) is 0.786. The molecule has 4 aliphatic rings. The lowest BCUT2D eigenvalue weighted by atomic mass is 9.56. The monoisotopic (exact) mass is 234 g/mol. The van der Waals surface area contributed by atoms with Crippen LogP contribution in [0.2, 0.25) is 0 Å². The zero-order valence-electron chi connectivity index (χ0n) is 10.1. The van der Waals surface area contributed by atoms with Gasteiger partial charge in [0, 0.05) is 17.8 Å². The van der Waals surface area contributed by atoms with Crippen LogP contribution < -0.4 is 0 Å². The van der Waals surface area contributed by atoms with Crippen LogP contribution in [0.1, 0.15) is 32.6 Å². The average molecular weight is 234 g/mol. The Balaban J connectivity index is 1.86. The van der Waals surface area contributed by atoms with Gasteiger partial charge in [0.25, 0.3) is 0 Å². The van der Waals surface area contributed by atoms with Crippen molar-refractivity contribution in [1.82, 2.24) is 0 Å². The summed E-state index contributed by atoms with van der Waals surface area (Å²) in [5.41, 5.74) is -0.636. The van der Waals surface area contributed by atoms with Gasteiger partial charge in [-0.3, -0.25) is 4.79 Å². The van der Waals surface area contributed by atoms with E-state index in [0.717, 1.165) is 19.3 Å². The number of carbonyl (C=O) groups is 1. The summed E-state index contributed by atoms with van der Waals surface area (Å²) < 4.78 is 6.12. The van der Waals surface area contributed by atoms with E-state index in [2.05, 4.69) is 19.1 Å². The maximum absolute atomic E-state index is 12.3. The van der Waals surface area contributed by atoms with Gasteiger partial charge in [0.1, 0.15) is 11.4 Å². The number of carbonyl (C=O) groups excluding carboxylic acids is 1. The van der Waals surface area contributed by atoms with Gasteiger partial charge in [-0.15, -0.1) is 0 Å². The molecular formula is C14H18O3. The van der Waals surface area contributed by atoms with Crippen LogP contribution in [0.3, 0.4) is 0 Å². The van der Waals surface area contributed by atoms with Gasteiger partial charge in [0.15, 0.2) is 0 Å². The molecule has 0 amide bonds. The molecule has 17 heavy (non-hydrogen) atoms. The van der Waals surface area contributed by atoms with Crippen molar-refractivity contribution in [1.29, 1.82) is 0 Å². The first kappa shape index (κ1) is 10.3. The number of fused-ring (bicyclic) bond motifs is 2. The second-order valence-corrected chi connectivity index (χ2v) is 6.45. The van der Waals surface area contributed by atoms with Crippen molar-refractivity contribution in [3.63, 3.8) is 0 Å². The summed E-state index contributed by atoms with van der Waals surface area (Å²) in [6, 6.07) is 0. The third kappa shape index (κ3) is 0.995. The Bertz CT molecular complexity index is 429. The Labute approximate surface area is 101 Å². The van der Waals surface area contributed by atoms with Crippen LogP contribution in [0.25, 0.3) is 0 Å². The normalized spacial score (nSPS) is 59.5. The van der Waals surface area contributed by atoms with E-state index in [1.807, 2.05) is 0 Å². The molecule has 0 aromatic carbocycles. The summed E-state index contributed by atoms with van der Waals surface area (Å²) in [7, 11) is 0. The largest absolute Gasteiger partial charge is 0.393 e. The molecule has 2 bridgehead atoms. The third-order valence-corrected chi connectivity index (χ3v) is 5.71. The highest BCUT2D eigenvalue weighted by Gasteiger charge is 2.67. The summed E-state index contributed by atoms with van der Waals surface area (Å²) >= 11 is 0. The lowest BCUT2D eigenvalue weighted by molar-refractivity contribution is -0.152. The number of aliphatic hydroxyl groups excluding tert-OH is 1. The first-order valence-electron chi connectivity index (χ1n) is 6.64. The van der Waals surface area contributed by atoms with Crippen molar-refractivity contribution in [2.24, 2.45) is 17.3 Å². The zero-order valence-corrected chi connectivity index (χ0v) is 10.1. The Morgan fingerprint density at radius 3 is 3.06 bits per heavy atom. The van der Waals surface area contributed by atoms with E-state index in [0.29, 0.717) is 18.1 Å². The van der Waals surface area contributed by atoms with E-state index < -0.39 is 0 Å². The van der Waals surface area contributed by atoms with Crippen molar-refractivity contribution in [2.75, 3.05) is 0 Å². The molecular weight excluding hydrogens is 216 g/mol. The average Bonchev–Trinajstić information content (AvgIpc) is 2.92. The quantitative estimate of drug-likeness (QED) is 0.645. The number of hydrogen-bond acceptors (Lipinski definition) is 3. The standard InChI is InChI=1S/C14H18O3/c1-13-7-10(15)9-6-8-4-5-14(9,17-8)11(13)2-3-12(13)16/h4-5,8-9,11-12,16H,2-3,6-7H2,1H3/t8-,9-,11?,12?,13?,14+/m0/s1. The SMILES string of the molecule is CC12CC(=O)[C@@H]3C[C@@H]4C=C[C@]3(O4)C1CCC2O. The van der Waals surface area contributed by atoms with Crippen molar-refractivity contribution < 1.29 is 14.6 Å². The number of ether oxygens (including phenoxy) is 1. The van der Waals surface area contributed by atoms with Gasteiger partial charge in [-0.05, 0) is 19.3 Å². The van der Waals surface area contributed by atoms with Gasteiger partial charge in [-0.25, -0.2) is 0 Å². The van der Waals surface area contributed by atoms with Gasteiger partial charge in [0.2, 0.25) is 0 Å². The maximum atomic E-state index is 12.3. The van der Waals surface area contributed by atoms with E-state index in [4.69, 9.17) is 4.74 Å². The Morgan fingerprint density at radius 2 is 2.29 bits per heavy atom. The number of aliphatic hydroxyl groups is 1. The minimum absolute atomic E-state index is 0.0564. The highest BCUT2D eigenvalue weighted by Crippen LogP contribution is 2.63. The van der Waals surface area contributed by atoms with E-state index in [9.17, 15) is 9.90 Å². The summed E-state index contributed by atoms with van der Waals surface area (Å²) in [6.45, 7) is 2.07. The maximum Gasteiger partial charge on any atom is 0.139 e. The molecule has 2 saturated carbocycles. The molecule has 92 valence electrons. The summed E-state index contributed by atoms with van der Waals surface area (Å²) in [6.07, 6.45) is 7.23. The van der Waals surface area contributed by atoms with E-state index in [1.165, 1.54) is 0 Å². The fourth-order valence-electron chi connectivity index (χ4n) is 4.86. The van der Waals surface area contributed by atoms with E-state index >= 15 is 0 Å². The van der Waals surface area contributed by atoms with Gasteiger partial charge < -0.3 is 9.84 Å². The molecule has 2 aliphatic heterocycles. The Hall–Kier alpha value is -0.670. The van der Waals surface area contributed by atoms with Crippen molar-refractivity contribution in [3.05, 3.63) is 12.2 Å². The molecule has 0 aromatic heterocycles. The van der Waals surface area contributed by atoms with Gasteiger partial charge in [-0.2, -0.15) is 0 Å². The first-order chi connectivity index (χ1) is 8.06. The number of rotatable bonds is 0. The molecule has 0 aromatic rings. The van der Waals surface area contributed by atoms with Crippen LogP contribution in [0.5, 0.6) is 0 Å². The Morgan fingerprint density at radius 1 is 1.47 bits per heavy atom. The molecule has 3 heteroatoms. The van der Waals surface area contributed by atoms with Gasteiger partial charge in [0.05, 0.1) is 18.1 Å². The number of ketones is 1. The van der Waals surface area contributed by atoms with Crippen LogP contribution in [0, 0.1) is 17.3 Å². The van der Waals surface area contributed by atoms with Crippen LogP contribution in [0.15, 0.2) is 12.2 Å². The van der Waals surface area contributed by atoms with Crippen LogP contribution in [0.4, 0.5) is 0 Å². The second-order valence-electron chi connectivity index (χ2n) is 6.45. The highest BCUT2D eigenvalue weighted by molar-refractivity contribution is 5.86. The molecule has 6 atom stereocenters. The Kier molecular flexibility index (Phi) is 1.71. The molecule has 3 fully saturated rings. The second kappa shape index (κ2) is 2.83. The highest BCUT2D eigenvalue weighted by atomic mass is 16.5. The van der Waals surface area contributed by atoms with Crippen LogP contribution in [-0.2, 0) is 9.53 Å². The predicted octanol–water partition coefficient (Wildman–Crippen LogP) is 1.45. The molecule has 2 heterocycles. The minimum atomic E-state index is -0.369. The number of Topliss-reactive ketones (excluding diaryl/α,β-unsaturated/α-hetero) is 1. The fourth-order valence-corrected chi connectivity index (χ4v) is 4.86. The topological polar surface area (TPSA) is 46.5 Å². The molecule has 1 saturated heterocycles. The smallest absolute Gasteiger partial charge is 0.139 e. The van der Waals surface area contributed by atoms with Crippen LogP contribution in [-0.4, -0.2) is 28.7 Å². The lowest BCUT2D eigenvalue weighted by Gasteiger charge is -2.49. The van der Waals surface area contributed by atoms with Crippen LogP contribution >= 0.6 is 0 Å². The predicted molar refractivity (Wildman–Crippen MR) is 61.3 cm³/mol. The molecule has 0 radical (unpaired) electrons. The zero-order chi connectivity index (χ0) is 11.8. The van der Waals surface area contributed by atoms with Crippen molar-refractivity contribution >= 4 is 5.78 Å². The molecule has 3 unspecified atom stereocenters. The molecule has 2 aliphatic carbocycles. The molecule has 3 nitrogen and oxygen atoms in total. The van der Waals surface area contributed by atoms with E-state index in [-0.39, 0.29) is 29.1 Å². The van der Waals surface area contributed by atoms with Gasteiger partial charge in [-0.1, -0.05) is 19.1 Å².